The Kier molecular flexibility index (Phi) is 22.7. The summed E-state index contributed by atoms with van der Waals surface area (Å²) in [5.74, 6) is 0. The van der Waals surface area contributed by atoms with E-state index in [1.807, 2.05) is 21.1 Å². The summed E-state index contributed by atoms with van der Waals surface area (Å²) < 4.78 is 27.4. The van der Waals surface area contributed by atoms with E-state index in [0.717, 1.165) is 12.8 Å². The van der Waals surface area contributed by atoms with Gasteiger partial charge in [0.05, 0.1) is 34.4 Å². The van der Waals surface area contributed by atoms with Crippen LogP contribution in [0.3, 0.4) is 0 Å². The van der Waals surface area contributed by atoms with Crippen molar-refractivity contribution in [1.82, 2.24) is 0 Å². The van der Waals surface area contributed by atoms with Crippen LogP contribution in [0, 0.1) is 0 Å². The van der Waals surface area contributed by atoms with E-state index in [1.165, 1.54) is 77.0 Å². The number of unbranched alkanes of at least 4 members (excludes halogenated alkanes) is 12. The third-order valence-electron chi connectivity index (χ3n) is 5.68. The normalized spacial score (nSPS) is 15.0. The van der Waals surface area contributed by atoms with E-state index in [4.69, 9.17) is 19.0 Å². The van der Waals surface area contributed by atoms with Gasteiger partial charge >= 0.3 is 0 Å². The Morgan fingerprint density at radius 1 is 0.800 bits per heavy atom. The minimum absolute atomic E-state index is 0.0291. The summed E-state index contributed by atoms with van der Waals surface area (Å²) in [5.41, 5.74) is 0. The van der Waals surface area contributed by atoms with Gasteiger partial charge in [-0.05, 0) is 32.1 Å². The van der Waals surface area contributed by atoms with Crippen LogP contribution in [0.1, 0.15) is 96.8 Å². The van der Waals surface area contributed by atoms with Crippen LogP contribution in [0.2, 0.25) is 0 Å². The topological polar surface area (TPSA) is 97.3 Å². The first kappa shape index (κ1) is 34.7. The molecule has 0 aliphatic rings. The molecule has 0 aliphatic carbocycles. The van der Waals surface area contributed by atoms with Crippen molar-refractivity contribution in [2.45, 2.75) is 103 Å². The SMILES string of the molecule is CCCCCCCC/C=C\CCCCCCCCOC[C@H](COP(=O)([O-])OCC[N+](C)(C)C)OO. The van der Waals surface area contributed by atoms with Crippen LogP contribution in [0.15, 0.2) is 12.2 Å². The number of likely N-dealkylation sites (N-methyl/N-ethyl adjacent to an activating group) is 1. The molecule has 0 aromatic rings. The van der Waals surface area contributed by atoms with E-state index in [2.05, 4.69) is 24.0 Å². The molecule has 0 heterocycles. The highest BCUT2D eigenvalue weighted by molar-refractivity contribution is 7.45. The van der Waals surface area contributed by atoms with Gasteiger partial charge in [-0.1, -0.05) is 76.9 Å². The molecule has 0 saturated heterocycles. The zero-order chi connectivity index (χ0) is 26.3. The zero-order valence-corrected chi connectivity index (χ0v) is 23.9. The van der Waals surface area contributed by atoms with E-state index in [0.29, 0.717) is 17.6 Å². The van der Waals surface area contributed by atoms with Crippen LogP contribution in [0.5, 0.6) is 0 Å². The number of quaternary nitrogens is 1. The smallest absolute Gasteiger partial charge is 0.268 e. The predicted octanol–water partition coefficient (Wildman–Crippen LogP) is 6.11. The number of allylic oxidation sites excluding steroid dienone is 2. The van der Waals surface area contributed by atoms with Gasteiger partial charge in [-0.25, -0.2) is 4.89 Å². The number of rotatable bonds is 26. The summed E-state index contributed by atoms with van der Waals surface area (Å²) in [7, 11) is 1.37. The molecule has 0 aliphatic heterocycles. The van der Waals surface area contributed by atoms with Gasteiger partial charge in [0.1, 0.15) is 19.3 Å². The number of nitrogens with zero attached hydrogens (tertiary/aromatic N) is 1. The van der Waals surface area contributed by atoms with Crippen LogP contribution >= 0.6 is 7.82 Å². The number of hydrogen-bond acceptors (Lipinski definition) is 7. The first-order valence-corrected chi connectivity index (χ1v) is 15.1. The van der Waals surface area contributed by atoms with Gasteiger partial charge in [-0.2, -0.15) is 0 Å². The van der Waals surface area contributed by atoms with Gasteiger partial charge in [-0.15, -0.1) is 0 Å². The van der Waals surface area contributed by atoms with E-state index >= 15 is 0 Å². The number of hydrogen-bond donors (Lipinski definition) is 1. The molecule has 2 atom stereocenters. The van der Waals surface area contributed by atoms with E-state index in [9.17, 15) is 9.46 Å². The molecule has 0 aromatic carbocycles. The molecule has 1 N–H and O–H groups in total. The maximum Gasteiger partial charge on any atom is 0.268 e. The summed E-state index contributed by atoms with van der Waals surface area (Å²) in [6.07, 6.45) is 21.3. The second-order valence-electron chi connectivity index (χ2n) is 10.3. The Hall–Kier alpha value is -0.310. The molecule has 0 rings (SSSR count). The quantitative estimate of drug-likeness (QED) is 0.0365. The highest BCUT2D eigenvalue weighted by atomic mass is 31.2. The van der Waals surface area contributed by atoms with Crippen molar-refractivity contribution < 1.29 is 37.9 Å². The predicted molar refractivity (Wildman–Crippen MR) is 140 cm³/mol. The molecular weight excluding hydrogens is 469 g/mol. The lowest BCUT2D eigenvalue weighted by Crippen LogP contribution is -2.37. The molecule has 0 saturated carbocycles. The lowest BCUT2D eigenvalue weighted by molar-refractivity contribution is -0.870. The lowest BCUT2D eigenvalue weighted by atomic mass is 10.1. The van der Waals surface area contributed by atoms with Gasteiger partial charge in [-0.3, -0.25) is 9.82 Å². The van der Waals surface area contributed by atoms with Crippen molar-refractivity contribution in [2.75, 3.05) is 54.1 Å². The van der Waals surface area contributed by atoms with Crippen LogP contribution in [-0.4, -0.2) is 70.0 Å². The largest absolute Gasteiger partial charge is 0.756 e. The van der Waals surface area contributed by atoms with Crippen molar-refractivity contribution >= 4 is 7.82 Å². The average Bonchev–Trinajstić information content (AvgIpc) is 2.79. The average molecular weight is 524 g/mol. The molecule has 0 spiro atoms. The van der Waals surface area contributed by atoms with Crippen molar-refractivity contribution in [1.29, 1.82) is 0 Å². The molecule has 210 valence electrons. The van der Waals surface area contributed by atoms with Crippen molar-refractivity contribution in [3.63, 3.8) is 0 Å². The summed E-state index contributed by atoms with van der Waals surface area (Å²) in [6.45, 7) is 3.05. The molecule has 0 amide bonds. The fourth-order valence-electron chi connectivity index (χ4n) is 3.41. The monoisotopic (exact) mass is 523 g/mol. The summed E-state index contributed by atoms with van der Waals surface area (Å²) >= 11 is 0. The van der Waals surface area contributed by atoms with Gasteiger partial charge in [0.25, 0.3) is 7.82 Å². The molecule has 0 fully saturated rings. The Balaban J connectivity index is 3.55. The fraction of sp³-hybridized carbons (Fsp3) is 0.923. The number of phosphoric acid groups is 1. The Labute approximate surface area is 215 Å². The Bertz CT molecular complexity index is 540. The third-order valence-corrected chi connectivity index (χ3v) is 6.65. The van der Waals surface area contributed by atoms with Gasteiger partial charge < -0.3 is 23.2 Å². The number of ether oxygens (including phenoxy) is 1. The minimum Gasteiger partial charge on any atom is -0.756 e. The highest BCUT2D eigenvalue weighted by Crippen LogP contribution is 2.38. The van der Waals surface area contributed by atoms with Crippen molar-refractivity contribution in [3.8, 4) is 0 Å². The molecule has 0 radical (unpaired) electrons. The second kappa shape index (κ2) is 22.9. The van der Waals surface area contributed by atoms with Crippen LogP contribution in [0.25, 0.3) is 0 Å². The Morgan fingerprint density at radius 3 is 1.89 bits per heavy atom. The molecule has 8 nitrogen and oxygen atoms in total. The van der Waals surface area contributed by atoms with E-state index < -0.39 is 13.9 Å². The van der Waals surface area contributed by atoms with Crippen LogP contribution < -0.4 is 4.89 Å². The molecule has 0 bridgehead atoms. The molecule has 9 heteroatoms. The minimum atomic E-state index is -4.43. The van der Waals surface area contributed by atoms with Gasteiger partial charge in [0.15, 0.2) is 0 Å². The van der Waals surface area contributed by atoms with Crippen LogP contribution in [0.4, 0.5) is 0 Å². The van der Waals surface area contributed by atoms with Gasteiger partial charge in [0.2, 0.25) is 0 Å². The maximum absolute atomic E-state index is 11.8. The standard InChI is InChI=1S/C26H54NO7P/c1-5-6-7-8-9-10-11-12-13-14-15-16-17-18-19-20-22-31-24-26(34-28)25-33-35(29,30)32-23-21-27(2,3)4/h12-13,26H,5-11,14-25H2,1-4H3,(H-,28,29,30)/b13-12-/t26-/m1/s1. The molecular formula is C26H54NO7P. The maximum atomic E-state index is 11.8. The van der Waals surface area contributed by atoms with Gasteiger partial charge in [0, 0.05) is 6.61 Å². The summed E-state index contributed by atoms with van der Waals surface area (Å²) in [6, 6.07) is 0. The van der Waals surface area contributed by atoms with Crippen molar-refractivity contribution in [2.24, 2.45) is 0 Å². The summed E-state index contributed by atoms with van der Waals surface area (Å²) in [5, 5.41) is 8.95. The molecule has 35 heavy (non-hydrogen) atoms. The van der Waals surface area contributed by atoms with E-state index in [1.54, 1.807) is 0 Å². The first-order chi connectivity index (χ1) is 16.7. The first-order valence-electron chi connectivity index (χ1n) is 13.6. The fourth-order valence-corrected chi connectivity index (χ4v) is 4.14. The molecule has 1 unspecified atom stereocenters. The zero-order valence-electron chi connectivity index (χ0n) is 23.0. The van der Waals surface area contributed by atoms with Crippen molar-refractivity contribution in [3.05, 3.63) is 12.2 Å². The second-order valence-corrected chi connectivity index (χ2v) is 11.7. The van der Waals surface area contributed by atoms with Crippen LogP contribution in [-0.2, 0) is 23.2 Å². The molecule has 0 aromatic heterocycles. The summed E-state index contributed by atoms with van der Waals surface area (Å²) in [4.78, 5) is 16.0. The van der Waals surface area contributed by atoms with E-state index in [-0.39, 0.29) is 19.8 Å². The third kappa shape index (κ3) is 26.6. The number of phosphoric ester groups is 1. The highest BCUT2D eigenvalue weighted by Gasteiger charge is 2.17. The Morgan fingerprint density at radius 2 is 1.34 bits per heavy atom. The lowest BCUT2D eigenvalue weighted by Gasteiger charge is -2.27.